The first kappa shape index (κ1) is 13.2. The van der Waals surface area contributed by atoms with Crippen LogP contribution in [-0.4, -0.2) is 36.2 Å². The molecule has 0 aliphatic carbocycles. The van der Waals surface area contributed by atoms with Crippen LogP contribution in [0.2, 0.25) is 0 Å². The van der Waals surface area contributed by atoms with Gasteiger partial charge in [0.05, 0.1) is 7.11 Å². The molecule has 0 aromatic heterocycles. The number of phenolic OH excluding ortho intramolecular Hbond substituents is 1. The normalized spacial score (nSPS) is 25.1. The molecular weight excluding hydrogens is 228 g/mol. The third kappa shape index (κ3) is 2.94. The Hall–Kier alpha value is -1.26. The van der Waals surface area contributed by atoms with Crippen LogP contribution in [-0.2, 0) is 6.54 Å². The van der Waals surface area contributed by atoms with Gasteiger partial charge in [-0.3, -0.25) is 4.90 Å². The van der Waals surface area contributed by atoms with E-state index in [9.17, 15) is 5.11 Å². The van der Waals surface area contributed by atoms with Crippen LogP contribution in [0.5, 0.6) is 11.5 Å². The lowest BCUT2D eigenvalue weighted by Gasteiger charge is -2.35. The average molecular weight is 250 g/mol. The number of methoxy groups -OCH3 is 1. The van der Waals surface area contributed by atoms with Gasteiger partial charge >= 0.3 is 0 Å². The van der Waals surface area contributed by atoms with Crippen molar-refractivity contribution < 1.29 is 9.84 Å². The number of ether oxygens (including phenoxy) is 1. The Labute approximate surface area is 108 Å². The molecule has 1 aromatic carbocycles. The number of hydrogen-bond acceptors (Lipinski definition) is 4. The molecular formula is C14H22N2O2. The van der Waals surface area contributed by atoms with Crippen LogP contribution in [0, 0.1) is 5.92 Å². The van der Waals surface area contributed by atoms with Gasteiger partial charge in [-0.15, -0.1) is 0 Å². The Morgan fingerprint density at radius 2 is 2.28 bits per heavy atom. The maximum Gasteiger partial charge on any atom is 0.160 e. The second-order valence-corrected chi connectivity index (χ2v) is 5.17. The van der Waals surface area contributed by atoms with Gasteiger partial charge in [-0.1, -0.05) is 13.0 Å². The molecule has 1 saturated heterocycles. The standard InChI is InChI=1S/C14H22N2O2/c1-10-5-6-16(9-12(10)15)8-11-3-4-13(17)14(7-11)18-2/h3-4,7,10,12,17H,5-6,8-9,15H2,1-2H3. The van der Waals surface area contributed by atoms with Crippen molar-refractivity contribution in [1.29, 1.82) is 0 Å². The Bertz CT molecular complexity index is 409. The molecule has 0 spiro atoms. The van der Waals surface area contributed by atoms with Gasteiger partial charge < -0.3 is 15.6 Å². The number of hydrogen-bond donors (Lipinski definition) is 2. The van der Waals surface area contributed by atoms with Crippen molar-refractivity contribution in [2.45, 2.75) is 25.9 Å². The number of rotatable bonds is 3. The molecule has 1 fully saturated rings. The molecule has 4 nitrogen and oxygen atoms in total. The molecule has 1 aliphatic heterocycles. The fourth-order valence-electron chi connectivity index (χ4n) is 2.39. The van der Waals surface area contributed by atoms with Gasteiger partial charge in [-0.2, -0.15) is 0 Å². The first-order valence-corrected chi connectivity index (χ1v) is 6.44. The smallest absolute Gasteiger partial charge is 0.160 e. The van der Waals surface area contributed by atoms with Crippen LogP contribution in [0.25, 0.3) is 0 Å². The van der Waals surface area contributed by atoms with Gasteiger partial charge in [0, 0.05) is 19.1 Å². The first-order chi connectivity index (χ1) is 8.60. The molecule has 0 bridgehead atoms. The van der Waals surface area contributed by atoms with Crippen LogP contribution in [0.15, 0.2) is 18.2 Å². The van der Waals surface area contributed by atoms with Gasteiger partial charge in [-0.05, 0) is 36.6 Å². The SMILES string of the molecule is COc1cc(CN2CCC(C)C(N)C2)ccc1O. The van der Waals surface area contributed by atoms with Gasteiger partial charge in [0.2, 0.25) is 0 Å². The molecule has 0 amide bonds. The van der Waals surface area contributed by atoms with Crippen LogP contribution in [0.4, 0.5) is 0 Å². The largest absolute Gasteiger partial charge is 0.504 e. The summed E-state index contributed by atoms with van der Waals surface area (Å²) >= 11 is 0. The first-order valence-electron chi connectivity index (χ1n) is 6.44. The molecule has 3 N–H and O–H groups in total. The van der Waals surface area contributed by atoms with Crippen LogP contribution in [0.3, 0.4) is 0 Å². The van der Waals surface area contributed by atoms with Gasteiger partial charge in [0.1, 0.15) is 0 Å². The Balaban J connectivity index is 2.01. The Kier molecular flexibility index (Phi) is 4.09. The molecule has 0 radical (unpaired) electrons. The number of nitrogens with zero attached hydrogens (tertiary/aromatic N) is 1. The van der Waals surface area contributed by atoms with E-state index in [4.69, 9.17) is 10.5 Å². The van der Waals surface area contributed by atoms with E-state index in [2.05, 4.69) is 11.8 Å². The highest BCUT2D eigenvalue weighted by atomic mass is 16.5. The van der Waals surface area contributed by atoms with Gasteiger partial charge in [0.15, 0.2) is 11.5 Å². The number of phenols is 1. The maximum absolute atomic E-state index is 9.56. The van der Waals surface area contributed by atoms with E-state index in [-0.39, 0.29) is 11.8 Å². The minimum absolute atomic E-state index is 0.185. The molecule has 1 heterocycles. The highest BCUT2D eigenvalue weighted by Gasteiger charge is 2.23. The van der Waals surface area contributed by atoms with Crippen LogP contribution >= 0.6 is 0 Å². The van der Waals surface area contributed by atoms with Crippen molar-refractivity contribution in [3.05, 3.63) is 23.8 Å². The van der Waals surface area contributed by atoms with E-state index >= 15 is 0 Å². The predicted molar refractivity (Wildman–Crippen MR) is 71.7 cm³/mol. The second-order valence-electron chi connectivity index (χ2n) is 5.17. The molecule has 100 valence electrons. The zero-order valence-electron chi connectivity index (χ0n) is 11.1. The summed E-state index contributed by atoms with van der Waals surface area (Å²) in [7, 11) is 1.57. The van der Waals surface area contributed by atoms with Gasteiger partial charge in [-0.25, -0.2) is 0 Å². The number of aromatic hydroxyl groups is 1. The van der Waals surface area contributed by atoms with Crippen molar-refractivity contribution in [2.24, 2.45) is 11.7 Å². The summed E-state index contributed by atoms with van der Waals surface area (Å²) < 4.78 is 5.12. The van der Waals surface area contributed by atoms with Crippen LogP contribution < -0.4 is 10.5 Å². The Morgan fingerprint density at radius 1 is 1.50 bits per heavy atom. The molecule has 0 saturated carbocycles. The van der Waals surface area contributed by atoms with E-state index < -0.39 is 0 Å². The highest BCUT2D eigenvalue weighted by molar-refractivity contribution is 5.41. The van der Waals surface area contributed by atoms with Crippen molar-refractivity contribution in [2.75, 3.05) is 20.2 Å². The van der Waals surface area contributed by atoms with E-state index in [0.717, 1.165) is 31.6 Å². The minimum atomic E-state index is 0.185. The fourth-order valence-corrected chi connectivity index (χ4v) is 2.39. The zero-order chi connectivity index (χ0) is 13.1. The van der Waals surface area contributed by atoms with E-state index in [1.54, 1.807) is 13.2 Å². The topological polar surface area (TPSA) is 58.7 Å². The summed E-state index contributed by atoms with van der Waals surface area (Å²) in [6.07, 6.45) is 1.15. The predicted octanol–water partition coefficient (Wildman–Crippen LogP) is 1.57. The van der Waals surface area contributed by atoms with Crippen molar-refractivity contribution in [3.8, 4) is 11.5 Å². The lowest BCUT2D eigenvalue weighted by molar-refractivity contribution is 0.162. The summed E-state index contributed by atoms with van der Waals surface area (Å²) in [5.41, 5.74) is 7.24. The lowest BCUT2D eigenvalue weighted by atomic mass is 9.94. The summed E-state index contributed by atoms with van der Waals surface area (Å²) in [5, 5.41) is 9.56. The summed E-state index contributed by atoms with van der Waals surface area (Å²) in [6.45, 7) is 5.09. The summed E-state index contributed by atoms with van der Waals surface area (Å²) in [5.74, 6) is 1.32. The van der Waals surface area contributed by atoms with Gasteiger partial charge in [0.25, 0.3) is 0 Å². The quantitative estimate of drug-likeness (QED) is 0.855. The lowest BCUT2D eigenvalue weighted by Crippen LogP contribution is -2.47. The molecule has 2 unspecified atom stereocenters. The Morgan fingerprint density at radius 3 is 2.94 bits per heavy atom. The maximum atomic E-state index is 9.56. The molecule has 2 atom stereocenters. The zero-order valence-corrected chi connectivity index (χ0v) is 11.1. The number of benzene rings is 1. The van der Waals surface area contributed by atoms with Crippen molar-refractivity contribution in [1.82, 2.24) is 4.90 Å². The summed E-state index contributed by atoms with van der Waals surface area (Å²) in [6, 6.07) is 5.76. The molecule has 1 aliphatic rings. The fraction of sp³-hybridized carbons (Fsp3) is 0.571. The third-order valence-corrected chi connectivity index (χ3v) is 3.75. The van der Waals surface area contributed by atoms with Crippen LogP contribution in [0.1, 0.15) is 18.9 Å². The average Bonchev–Trinajstić information content (AvgIpc) is 2.36. The number of piperidine rings is 1. The molecule has 4 heteroatoms. The van der Waals surface area contributed by atoms with E-state index in [1.807, 2.05) is 12.1 Å². The minimum Gasteiger partial charge on any atom is -0.504 e. The molecule has 18 heavy (non-hydrogen) atoms. The number of nitrogens with two attached hydrogens (primary N) is 1. The summed E-state index contributed by atoms with van der Waals surface area (Å²) in [4.78, 5) is 2.36. The van der Waals surface area contributed by atoms with Crippen molar-refractivity contribution >= 4 is 0 Å². The molecule has 2 rings (SSSR count). The molecule has 1 aromatic rings. The van der Waals surface area contributed by atoms with Crippen molar-refractivity contribution in [3.63, 3.8) is 0 Å². The monoisotopic (exact) mass is 250 g/mol. The second kappa shape index (κ2) is 5.59. The third-order valence-electron chi connectivity index (χ3n) is 3.75. The van der Waals surface area contributed by atoms with E-state index in [1.165, 1.54) is 0 Å². The van der Waals surface area contributed by atoms with E-state index in [0.29, 0.717) is 11.7 Å². The number of likely N-dealkylation sites (tertiary alicyclic amines) is 1. The highest BCUT2D eigenvalue weighted by Crippen LogP contribution is 2.27.